The number of nitrogens with one attached hydrogen (secondary N) is 2. The lowest BCUT2D eigenvalue weighted by Gasteiger charge is -2.08. The Hall–Kier alpha value is -2.82. The molecule has 22 heavy (non-hydrogen) atoms. The van der Waals surface area contributed by atoms with Gasteiger partial charge in [0.25, 0.3) is 5.91 Å². The Kier molecular flexibility index (Phi) is 3.33. The highest BCUT2D eigenvalue weighted by Crippen LogP contribution is 2.34. The smallest absolute Gasteiger partial charge is 0.310 e. The Bertz CT molecular complexity index is 802. The van der Waals surface area contributed by atoms with Crippen molar-refractivity contribution in [3.05, 3.63) is 52.8 Å². The first-order valence-electron chi connectivity index (χ1n) is 7.02. The fourth-order valence-electron chi connectivity index (χ4n) is 2.80. The molecule has 1 aliphatic rings. The number of fused-ring (bicyclic) bond motifs is 1. The van der Waals surface area contributed by atoms with Crippen LogP contribution in [-0.4, -0.2) is 22.0 Å². The highest BCUT2D eigenvalue weighted by atomic mass is 16.4. The van der Waals surface area contributed by atoms with Gasteiger partial charge in [-0.15, -0.1) is 0 Å². The third-order valence-corrected chi connectivity index (χ3v) is 3.96. The van der Waals surface area contributed by atoms with E-state index in [1.807, 2.05) is 31.2 Å². The quantitative estimate of drug-likeness (QED) is 0.761. The second kappa shape index (κ2) is 5.18. The van der Waals surface area contributed by atoms with E-state index in [1.54, 1.807) is 19.2 Å². The van der Waals surface area contributed by atoms with E-state index in [0.717, 1.165) is 16.8 Å². The number of aromatic amines is 1. The topological polar surface area (TPSA) is 82.2 Å². The molecule has 0 fully saturated rings. The number of anilines is 1. The number of aryl methyl sites for hydroxylation is 1. The van der Waals surface area contributed by atoms with Gasteiger partial charge >= 0.3 is 5.97 Å². The van der Waals surface area contributed by atoms with Crippen LogP contribution in [0.4, 0.5) is 5.69 Å². The first-order valence-corrected chi connectivity index (χ1v) is 7.02. The molecular formula is C17H16N2O3. The minimum atomic E-state index is -0.890. The van der Waals surface area contributed by atoms with Crippen LogP contribution in [0.1, 0.15) is 35.2 Å². The van der Waals surface area contributed by atoms with Crippen molar-refractivity contribution in [1.82, 2.24) is 4.98 Å². The van der Waals surface area contributed by atoms with E-state index >= 15 is 0 Å². The summed E-state index contributed by atoms with van der Waals surface area (Å²) in [4.78, 5) is 26.5. The van der Waals surface area contributed by atoms with Crippen LogP contribution in [0, 0.1) is 6.92 Å². The summed E-state index contributed by atoms with van der Waals surface area (Å²) in [5, 5.41) is 12.1. The van der Waals surface area contributed by atoms with Gasteiger partial charge in [-0.3, -0.25) is 9.59 Å². The zero-order chi connectivity index (χ0) is 15.9. The minimum absolute atomic E-state index is 0.178. The van der Waals surface area contributed by atoms with E-state index in [2.05, 4.69) is 10.3 Å². The summed E-state index contributed by atoms with van der Waals surface area (Å²) >= 11 is 0. The van der Waals surface area contributed by atoms with Crippen molar-refractivity contribution in [2.45, 2.75) is 19.8 Å². The number of hydrogen-bond donors (Lipinski definition) is 3. The van der Waals surface area contributed by atoms with Gasteiger partial charge in [0.2, 0.25) is 0 Å². The third-order valence-electron chi connectivity index (χ3n) is 3.96. The molecule has 0 radical (unpaired) electrons. The standard InChI is InChI=1S/C17H16N2O3/c1-9-8-18-14(15(9)10(2)17(21)22)7-12-11-5-3-4-6-13(11)19-16(12)20/h3-8,10,18H,1-2H3,(H,19,20)(H,21,22). The number of rotatable bonds is 3. The molecule has 2 aromatic rings. The molecule has 3 rings (SSSR count). The second-order valence-electron chi connectivity index (χ2n) is 5.42. The third kappa shape index (κ3) is 2.20. The molecule has 0 bridgehead atoms. The highest BCUT2D eigenvalue weighted by molar-refractivity contribution is 6.34. The Morgan fingerprint density at radius 1 is 1.32 bits per heavy atom. The number of carbonyl (C=O) groups is 2. The number of aromatic nitrogens is 1. The van der Waals surface area contributed by atoms with Crippen molar-refractivity contribution in [2.24, 2.45) is 0 Å². The molecule has 1 atom stereocenters. The summed E-state index contributed by atoms with van der Waals surface area (Å²) in [6.45, 7) is 3.50. The van der Waals surface area contributed by atoms with Crippen LogP contribution in [0.15, 0.2) is 30.5 Å². The summed E-state index contributed by atoms with van der Waals surface area (Å²) in [6.07, 6.45) is 3.49. The molecule has 0 saturated heterocycles. The number of hydrogen-bond acceptors (Lipinski definition) is 2. The van der Waals surface area contributed by atoms with Gasteiger partial charge in [0, 0.05) is 23.1 Å². The minimum Gasteiger partial charge on any atom is -0.481 e. The SMILES string of the molecule is Cc1c[nH]c(C=C2C(=O)Nc3ccccc32)c1C(C)C(=O)O. The Labute approximate surface area is 127 Å². The second-order valence-corrected chi connectivity index (χ2v) is 5.42. The molecule has 3 N–H and O–H groups in total. The van der Waals surface area contributed by atoms with E-state index in [-0.39, 0.29) is 5.91 Å². The van der Waals surface area contributed by atoms with Gasteiger partial charge in [0.15, 0.2) is 0 Å². The number of carboxylic acid groups (broad SMARTS) is 1. The van der Waals surface area contributed by atoms with Crippen LogP contribution in [-0.2, 0) is 9.59 Å². The van der Waals surface area contributed by atoms with Gasteiger partial charge in [0.05, 0.1) is 11.5 Å². The summed E-state index contributed by atoms with van der Waals surface area (Å²) < 4.78 is 0. The molecule has 1 aromatic carbocycles. The number of carbonyl (C=O) groups excluding carboxylic acids is 1. The van der Waals surface area contributed by atoms with Gasteiger partial charge < -0.3 is 15.4 Å². The molecule has 1 amide bonds. The van der Waals surface area contributed by atoms with Crippen molar-refractivity contribution in [2.75, 3.05) is 5.32 Å². The van der Waals surface area contributed by atoms with Crippen LogP contribution in [0.25, 0.3) is 11.6 Å². The van der Waals surface area contributed by atoms with Gasteiger partial charge in [0.1, 0.15) is 0 Å². The maximum Gasteiger partial charge on any atom is 0.310 e. The van der Waals surface area contributed by atoms with Gasteiger partial charge in [-0.1, -0.05) is 18.2 Å². The molecule has 1 aliphatic heterocycles. The van der Waals surface area contributed by atoms with Crippen LogP contribution in [0.3, 0.4) is 0 Å². The fourth-order valence-corrected chi connectivity index (χ4v) is 2.80. The van der Waals surface area contributed by atoms with E-state index in [9.17, 15) is 14.7 Å². The molecule has 2 heterocycles. The van der Waals surface area contributed by atoms with Gasteiger partial charge in [-0.25, -0.2) is 0 Å². The predicted octanol–water partition coefficient (Wildman–Crippen LogP) is 3.00. The Morgan fingerprint density at radius 2 is 2.05 bits per heavy atom. The number of aliphatic carboxylic acids is 1. The lowest BCUT2D eigenvalue weighted by Crippen LogP contribution is -2.09. The monoisotopic (exact) mass is 296 g/mol. The molecule has 1 unspecified atom stereocenters. The van der Waals surface area contributed by atoms with Crippen LogP contribution >= 0.6 is 0 Å². The maximum absolute atomic E-state index is 12.1. The maximum atomic E-state index is 12.1. The molecular weight excluding hydrogens is 280 g/mol. The summed E-state index contributed by atoms with van der Waals surface area (Å²) in [7, 11) is 0. The van der Waals surface area contributed by atoms with E-state index < -0.39 is 11.9 Å². The average molecular weight is 296 g/mol. The number of H-pyrrole nitrogens is 1. The molecule has 5 nitrogen and oxygen atoms in total. The zero-order valence-corrected chi connectivity index (χ0v) is 12.3. The largest absolute Gasteiger partial charge is 0.481 e. The van der Waals surface area contributed by atoms with Gasteiger partial charge in [-0.05, 0) is 37.1 Å². The number of para-hydroxylation sites is 1. The summed E-state index contributed by atoms with van der Waals surface area (Å²) in [6, 6.07) is 7.44. The van der Waals surface area contributed by atoms with Crippen molar-refractivity contribution < 1.29 is 14.7 Å². The molecule has 0 aliphatic carbocycles. The van der Waals surface area contributed by atoms with Crippen molar-refractivity contribution >= 4 is 29.2 Å². The fraction of sp³-hybridized carbons (Fsp3) is 0.176. The van der Waals surface area contributed by atoms with Crippen molar-refractivity contribution in [3.63, 3.8) is 0 Å². The lowest BCUT2D eigenvalue weighted by atomic mass is 9.96. The molecule has 0 spiro atoms. The van der Waals surface area contributed by atoms with Crippen molar-refractivity contribution in [1.29, 1.82) is 0 Å². The van der Waals surface area contributed by atoms with E-state index in [4.69, 9.17) is 0 Å². The van der Waals surface area contributed by atoms with E-state index in [0.29, 0.717) is 16.8 Å². The first-order chi connectivity index (χ1) is 10.5. The molecule has 5 heteroatoms. The molecule has 0 saturated carbocycles. The first kappa shape index (κ1) is 14.1. The summed E-state index contributed by atoms with van der Waals surface area (Å²) in [5.41, 5.74) is 4.37. The predicted molar refractivity (Wildman–Crippen MR) is 84.5 cm³/mol. The molecule has 112 valence electrons. The average Bonchev–Trinajstić information content (AvgIpc) is 3.00. The lowest BCUT2D eigenvalue weighted by molar-refractivity contribution is -0.138. The highest BCUT2D eigenvalue weighted by Gasteiger charge is 2.26. The van der Waals surface area contributed by atoms with Gasteiger partial charge in [-0.2, -0.15) is 0 Å². The van der Waals surface area contributed by atoms with Crippen LogP contribution in [0.2, 0.25) is 0 Å². The Balaban J connectivity index is 2.11. The summed E-state index contributed by atoms with van der Waals surface area (Å²) in [5.74, 6) is -1.71. The van der Waals surface area contributed by atoms with Crippen LogP contribution in [0.5, 0.6) is 0 Å². The Morgan fingerprint density at radius 3 is 2.77 bits per heavy atom. The normalized spacial score (nSPS) is 16.5. The number of amides is 1. The van der Waals surface area contributed by atoms with Crippen LogP contribution < -0.4 is 5.32 Å². The molecule has 1 aromatic heterocycles. The number of benzene rings is 1. The zero-order valence-electron chi connectivity index (χ0n) is 12.3. The van der Waals surface area contributed by atoms with Crippen molar-refractivity contribution in [3.8, 4) is 0 Å². The number of carboxylic acids is 1. The van der Waals surface area contributed by atoms with E-state index in [1.165, 1.54) is 0 Å².